The van der Waals surface area contributed by atoms with Gasteiger partial charge in [0.1, 0.15) is 0 Å². The molecule has 0 saturated heterocycles. The van der Waals surface area contributed by atoms with Crippen LogP contribution in [0.15, 0.2) is 18.2 Å². The highest BCUT2D eigenvalue weighted by atomic mass is 35.5. The Bertz CT molecular complexity index is 458. The van der Waals surface area contributed by atoms with Crippen LogP contribution in [-0.2, 0) is 0 Å². The fraction of sp³-hybridized carbons (Fsp3) is 0.462. The first-order valence-electron chi connectivity index (χ1n) is 5.82. The lowest BCUT2D eigenvalue weighted by Gasteiger charge is -2.34. The molecule has 0 bridgehead atoms. The highest BCUT2D eigenvalue weighted by Gasteiger charge is 2.29. The molecule has 0 aromatic heterocycles. The second-order valence-corrected chi connectivity index (χ2v) is 6.21. The second kappa shape index (κ2) is 5.68. The van der Waals surface area contributed by atoms with Crippen LogP contribution in [0.3, 0.4) is 0 Å². The van der Waals surface area contributed by atoms with Crippen LogP contribution in [0.25, 0.3) is 0 Å². The average molecular weight is 307 g/mol. The SMILES string of the molecule is CN(CC1CC(Cl)C1)C(=O)c1ccc(Cl)cc1Cl. The van der Waals surface area contributed by atoms with Crippen LogP contribution in [0.2, 0.25) is 10.0 Å². The Labute approximate surface area is 122 Å². The zero-order valence-corrected chi connectivity index (χ0v) is 12.3. The van der Waals surface area contributed by atoms with Crippen LogP contribution in [0, 0.1) is 5.92 Å². The van der Waals surface area contributed by atoms with E-state index < -0.39 is 0 Å². The van der Waals surface area contributed by atoms with Gasteiger partial charge in [-0.05, 0) is 37.0 Å². The minimum absolute atomic E-state index is 0.0744. The van der Waals surface area contributed by atoms with Crippen molar-refractivity contribution in [3.63, 3.8) is 0 Å². The molecule has 2 rings (SSSR count). The number of amides is 1. The van der Waals surface area contributed by atoms with Crippen molar-refractivity contribution >= 4 is 40.7 Å². The van der Waals surface area contributed by atoms with Crippen LogP contribution in [0.1, 0.15) is 23.2 Å². The van der Waals surface area contributed by atoms with Crippen molar-refractivity contribution in [2.24, 2.45) is 5.92 Å². The van der Waals surface area contributed by atoms with Crippen molar-refractivity contribution in [2.45, 2.75) is 18.2 Å². The van der Waals surface area contributed by atoms with Crippen molar-refractivity contribution in [3.8, 4) is 0 Å². The summed E-state index contributed by atoms with van der Waals surface area (Å²) in [5.74, 6) is 0.433. The average Bonchev–Trinajstić information content (AvgIpc) is 2.26. The molecule has 0 atom stereocenters. The first kappa shape index (κ1) is 14.0. The standard InChI is InChI=1S/C13H14Cl3NO/c1-17(7-8-4-10(15)5-8)13(18)11-3-2-9(14)6-12(11)16/h2-3,6,8,10H,4-5,7H2,1H3. The summed E-state index contributed by atoms with van der Waals surface area (Å²) in [4.78, 5) is 13.9. The van der Waals surface area contributed by atoms with E-state index in [9.17, 15) is 4.79 Å². The molecule has 0 heterocycles. The third kappa shape index (κ3) is 3.11. The van der Waals surface area contributed by atoms with Gasteiger partial charge >= 0.3 is 0 Å². The number of carbonyl (C=O) groups is 1. The molecular formula is C13H14Cl3NO. The van der Waals surface area contributed by atoms with Crippen molar-refractivity contribution in [1.29, 1.82) is 0 Å². The second-order valence-electron chi connectivity index (χ2n) is 4.74. The van der Waals surface area contributed by atoms with E-state index in [1.165, 1.54) is 0 Å². The molecule has 0 aliphatic heterocycles. The monoisotopic (exact) mass is 305 g/mol. The van der Waals surface area contributed by atoms with E-state index in [1.54, 1.807) is 30.1 Å². The van der Waals surface area contributed by atoms with Gasteiger partial charge in [-0.3, -0.25) is 4.79 Å². The van der Waals surface area contributed by atoms with Crippen LogP contribution in [0.5, 0.6) is 0 Å². The predicted molar refractivity (Wildman–Crippen MR) is 75.8 cm³/mol. The smallest absolute Gasteiger partial charge is 0.255 e. The van der Waals surface area contributed by atoms with Gasteiger partial charge in [0.25, 0.3) is 5.91 Å². The molecule has 1 saturated carbocycles. The largest absolute Gasteiger partial charge is 0.341 e. The third-order valence-corrected chi connectivity index (χ3v) is 4.12. The lowest BCUT2D eigenvalue weighted by Crippen LogP contribution is -2.38. The van der Waals surface area contributed by atoms with Crippen LogP contribution < -0.4 is 0 Å². The summed E-state index contributed by atoms with van der Waals surface area (Å²) in [5.41, 5.74) is 0.491. The summed E-state index contributed by atoms with van der Waals surface area (Å²) in [5, 5.41) is 1.20. The lowest BCUT2D eigenvalue weighted by atomic mass is 9.84. The quantitative estimate of drug-likeness (QED) is 0.770. The van der Waals surface area contributed by atoms with Gasteiger partial charge < -0.3 is 4.90 Å². The summed E-state index contributed by atoms with van der Waals surface area (Å²) < 4.78 is 0. The first-order valence-corrected chi connectivity index (χ1v) is 7.01. The number of hydrogen-bond acceptors (Lipinski definition) is 1. The fourth-order valence-corrected chi connectivity index (χ4v) is 3.14. The van der Waals surface area contributed by atoms with Gasteiger partial charge in [-0.2, -0.15) is 0 Å². The van der Waals surface area contributed by atoms with Gasteiger partial charge in [0.05, 0.1) is 10.6 Å². The Morgan fingerprint density at radius 1 is 1.39 bits per heavy atom. The highest BCUT2D eigenvalue weighted by molar-refractivity contribution is 6.36. The van der Waals surface area contributed by atoms with Crippen molar-refractivity contribution in [2.75, 3.05) is 13.6 Å². The van der Waals surface area contributed by atoms with Crippen LogP contribution in [-0.4, -0.2) is 29.8 Å². The molecule has 98 valence electrons. The molecule has 1 aromatic carbocycles. The molecule has 2 nitrogen and oxygen atoms in total. The van der Waals surface area contributed by atoms with Crippen LogP contribution >= 0.6 is 34.8 Å². The summed E-state index contributed by atoms with van der Waals surface area (Å²) in [6.07, 6.45) is 1.96. The predicted octanol–water partition coefficient (Wildman–Crippen LogP) is 4.08. The molecule has 1 amide bonds. The number of halogens is 3. The molecule has 5 heteroatoms. The van der Waals surface area contributed by atoms with E-state index in [1.807, 2.05) is 0 Å². The molecule has 18 heavy (non-hydrogen) atoms. The number of benzene rings is 1. The topological polar surface area (TPSA) is 20.3 Å². The maximum absolute atomic E-state index is 12.2. The van der Waals surface area contributed by atoms with E-state index in [-0.39, 0.29) is 11.3 Å². The van der Waals surface area contributed by atoms with Gasteiger partial charge in [-0.25, -0.2) is 0 Å². The van der Waals surface area contributed by atoms with Crippen LogP contribution in [0.4, 0.5) is 0 Å². The van der Waals surface area contributed by atoms with Crippen molar-refractivity contribution in [1.82, 2.24) is 4.90 Å². The van der Waals surface area contributed by atoms with Crippen molar-refractivity contribution in [3.05, 3.63) is 33.8 Å². The maximum Gasteiger partial charge on any atom is 0.255 e. The molecule has 0 spiro atoms. The summed E-state index contributed by atoms with van der Waals surface area (Å²) >= 11 is 17.8. The van der Waals surface area contributed by atoms with E-state index >= 15 is 0 Å². The van der Waals surface area contributed by atoms with Gasteiger partial charge in [-0.15, -0.1) is 11.6 Å². The number of carbonyl (C=O) groups excluding carboxylic acids is 1. The highest BCUT2D eigenvalue weighted by Crippen LogP contribution is 2.32. The molecule has 1 aromatic rings. The van der Waals surface area contributed by atoms with Gasteiger partial charge in [-0.1, -0.05) is 23.2 Å². The zero-order valence-electron chi connectivity index (χ0n) is 10.00. The molecule has 0 unspecified atom stereocenters. The minimum Gasteiger partial charge on any atom is -0.341 e. The summed E-state index contributed by atoms with van der Waals surface area (Å²) in [7, 11) is 1.79. The number of nitrogens with zero attached hydrogens (tertiary/aromatic N) is 1. The van der Waals surface area contributed by atoms with E-state index in [0.29, 0.717) is 21.5 Å². The normalized spacial score (nSPS) is 22.4. The lowest BCUT2D eigenvalue weighted by molar-refractivity contribution is 0.0747. The summed E-state index contributed by atoms with van der Waals surface area (Å²) in [6, 6.07) is 4.92. The van der Waals surface area contributed by atoms with Gasteiger partial charge in [0.2, 0.25) is 0 Å². The van der Waals surface area contributed by atoms with E-state index in [4.69, 9.17) is 34.8 Å². The van der Waals surface area contributed by atoms with Gasteiger partial charge in [0, 0.05) is 24.0 Å². The third-order valence-electron chi connectivity index (χ3n) is 3.22. The number of alkyl halides is 1. The Balaban J connectivity index is 2.01. The molecule has 1 aliphatic rings. The Kier molecular flexibility index (Phi) is 4.41. The summed E-state index contributed by atoms with van der Waals surface area (Å²) in [6.45, 7) is 0.723. The van der Waals surface area contributed by atoms with E-state index in [2.05, 4.69) is 0 Å². The van der Waals surface area contributed by atoms with Crippen molar-refractivity contribution < 1.29 is 4.79 Å². The maximum atomic E-state index is 12.2. The first-order chi connectivity index (χ1) is 8.47. The molecule has 1 fully saturated rings. The Hall–Kier alpha value is -0.440. The zero-order chi connectivity index (χ0) is 13.3. The molecule has 0 N–H and O–H groups in total. The molecule has 1 aliphatic carbocycles. The molecule has 0 radical (unpaired) electrons. The van der Waals surface area contributed by atoms with Gasteiger partial charge in [0.15, 0.2) is 0 Å². The number of hydrogen-bond donors (Lipinski definition) is 0. The van der Waals surface area contributed by atoms with E-state index in [0.717, 1.165) is 19.4 Å². The fourth-order valence-electron chi connectivity index (χ4n) is 2.14. The molecular weight excluding hydrogens is 293 g/mol. The Morgan fingerprint density at radius 3 is 2.61 bits per heavy atom. The Morgan fingerprint density at radius 2 is 2.06 bits per heavy atom. The number of rotatable bonds is 3. The minimum atomic E-state index is -0.0744.